The summed E-state index contributed by atoms with van der Waals surface area (Å²) in [5.74, 6) is -1.06. The summed E-state index contributed by atoms with van der Waals surface area (Å²) in [6, 6.07) is 0.203. The van der Waals surface area contributed by atoms with Crippen LogP contribution in [0.25, 0.3) is 0 Å². The highest BCUT2D eigenvalue weighted by Gasteiger charge is 2.28. The number of halogens is 4. The zero-order chi connectivity index (χ0) is 12.3. The smallest absolute Gasteiger partial charge is 0.422 e. The van der Waals surface area contributed by atoms with E-state index >= 15 is 0 Å². The van der Waals surface area contributed by atoms with Gasteiger partial charge in [-0.25, -0.2) is 4.39 Å². The molecule has 0 bridgehead atoms. The van der Waals surface area contributed by atoms with E-state index in [1.807, 2.05) is 0 Å². The van der Waals surface area contributed by atoms with Gasteiger partial charge in [0.25, 0.3) is 0 Å². The Labute approximate surface area is 89.2 Å². The first-order valence-corrected chi connectivity index (χ1v) is 4.40. The van der Waals surface area contributed by atoms with Crippen LogP contribution in [0.3, 0.4) is 0 Å². The summed E-state index contributed by atoms with van der Waals surface area (Å²) in [5, 5.41) is 0. The van der Waals surface area contributed by atoms with Crippen LogP contribution in [0.5, 0.6) is 5.75 Å². The second-order valence-electron chi connectivity index (χ2n) is 3.23. The molecular formula is C9H10F4N2O. The third-order valence-corrected chi connectivity index (χ3v) is 1.68. The number of nitrogens with zero attached hydrogens (tertiary/aromatic N) is 1. The van der Waals surface area contributed by atoms with Crippen molar-refractivity contribution in [2.24, 2.45) is 5.73 Å². The summed E-state index contributed by atoms with van der Waals surface area (Å²) < 4.78 is 52.9. The Morgan fingerprint density at radius 1 is 1.50 bits per heavy atom. The molecule has 0 saturated carbocycles. The number of pyridine rings is 1. The van der Waals surface area contributed by atoms with Gasteiger partial charge in [-0.15, -0.1) is 0 Å². The van der Waals surface area contributed by atoms with Crippen LogP contribution in [-0.2, 0) is 0 Å². The van der Waals surface area contributed by atoms with Crippen LogP contribution >= 0.6 is 0 Å². The lowest BCUT2D eigenvalue weighted by Gasteiger charge is -2.10. The van der Waals surface area contributed by atoms with Gasteiger partial charge in [-0.3, -0.25) is 4.98 Å². The second kappa shape index (κ2) is 4.65. The fourth-order valence-corrected chi connectivity index (χ4v) is 1.01. The van der Waals surface area contributed by atoms with Crippen LogP contribution in [0, 0.1) is 5.82 Å². The molecule has 1 aromatic heterocycles. The molecule has 0 fully saturated rings. The van der Waals surface area contributed by atoms with E-state index in [0.717, 1.165) is 12.3 Å². The van der Waals surface area contributed by atoms with E-state index in [-0.39, 0.29) is 11.4 Å². The monoisotopic (exact) mass is 238 g/mol. The van der Waals surface area contributed by atoms with E-state index in [2.05, 4.69) is 9.72 Å². The predicted molar refractivity (Wildman–Crippen MR) is 48.3 cm³/mol. The minimum absolute atomic E-state index is 0.0145. The Morgan fingerprint density at radius 2 is 2.12 bits per heavy atom. The van der Waals surface area contributed by atoms with Gasteiger partial charge in [0.15, 0.2) is 6.61 Å². The van der Waals surface area contributed by atoms with Crippen LogP contribution in [0.4, 0.5) is 17.6 Å². The number of hydrogen-bond donors (Lipinski definition) is 1. The van der Waals surface area contributed by atoms with Crippen molar-refractivity contribution in [3.8, 4) is 5.75 Å². The molecule has 0 aliphatic carbocycles. The molecular weight excluding hydrogens is 228 g/mol. The van der Waals surface area contributed by atoms with Crippen molar-refractivity contribution in [3.05, 3.63) is 23.8 Å². The van der Waals surface area contributed by atoms with E-state index in [4.69, 9.17) is 5.73 Å². The van der Waals surface area contributed by atoms with E-state index in [0.29, 0.717) is 0 Å². The maximum absolute atomic E-state index is 13.2. The van der Waals surface area contributed by atoms with Gasteiger partial charge in [-0.1, -0.05) is 0 Å². The third-order valence-electron chi connectivity index (χ3n) is 1.68. The van der Waals surface area contributed by atoms with E-state index in [9.17, 15) is 17.6 Å². The lowest BCUT2D eigenvalue weighted by atomic mass is 10.2. The minimum Gasteiger partial charge on any atom is -0.482 e. The molecule has 1 heterocycles. The molecule has 1 aromatic rings. The molecule has 3 nitrogen and oxygen atoms in total. The first-order valence-electron chi connectivity index (χ1n) is 4.40. The molecule has 7 heteroatoms. The van der Waals surface area contributed by atoms with Gasteiger partial charge in [0.05, 0.1) is 11.9 Å². The predicted octanol–water partition coefficient (Wildman–Crippen LogP) is 2.18. The lowest BCUT2D eigenvalue weighted by Crippen LogP contribution is -2.19. The van der Waals surface area contributed by atoms with Crippen LogP contribution in [-0.4, -0.2) is 17.8 Å². The Hall–Kier alpha value is -1.37. The van der Waals surface area contributed by atoms with Crippen molar-refractivity contribution in [1.29, 1.82) is 0 Å². The van der Waals surface area contributed by atoms with Gasteiger partial charge < -0.3 is 10.5 Å². The zero-order valence-electron chi connectivity index (χ0n) is 8.38. The normalized spacial score (nSPS) is 13.6. The van der Waals surface area contributed by atoms with Crippen molar-refractivity contribution < 1.29 is 22.3 Å². The number of nitrogens with two attached hydrogens (primary N) is 1. The summed E-state index contributed by atoms with van der Waals surface area (Å²) in [5.41, 5.74) is 5.37. The van der Waals surface area contributed by atoms with Gasteiger partial charge in [-0.05, 0) is 6.92 Å². The molecule has 0 spiro atoms. The van der Waals surface area contributed by atoms with Crippen molar-refractivity contribution >= 4 is 0 Å². The highest BCUT2D eigenvalue weighted by atomic mass is 19.4. The molecule has 0 aromatic carbocycles. The zero-order valence-corrected chi connectivity index (χ0v) is 8.38. The molecule has 0 amide bonds. The standard InChI is InChI=1S/C9H10F4N2O/c1-5(14)8-7(10)2-6(3-15-8)16-4-9(11,12)13/h2-3,5H,4,14H2,1H3/t5-/m1/s1. The molecule has 0 aliphatic heterocycles. The minimum atomic E-state index is -4.46. The summed E-state index contributed by atoms with van der Waals surface area (Å²) >= 11 is 0. The molecule has 0 aliphatic rings. The number of hydrogen-bond acceptors (Lipinski definition) is 3. The summed E-state index contributed by atoms with van der Waals surface area (Å²) in [6.07, 6.45) is -3.45. The fourth-order valence-electron chi connectivity index (χ4n) is 1.01. The molecule has 0 radical (unpaired) electrons. The van der Waals surface area contributed by atoms with Gasteiger partial charge >= 0.3 is 6.18 Å². The maximum Gasteiger partial charge on any atom is 0.422 e. The van der Waals surface area contributed by atoms with Crippen LogP contribution in [0.2, 0.25) is 0 Å². The molecule has 1 atom stereocenters. The first-order chi connectivity index (χ1) is 7.29. The van der Waals surface area contributed by atoms with Crippen molar-refractivity contribution in [2.75, 3.05) is 6.61 Å². The Bertz CT molecular complexity index is 365. The summed E-state index contributed by atoms with van der Waals surface area (Å²) in [4.78, 5) is 3.59. The van der Waals surface area contributed by atoms with Crippen LogP contribution < -0.4 is 10.5 Å². The summed E-state index contributed by atoms with van der Waals surface area (Å²) in [7, 11) is 0. The molecule has 90 valence electrons. The molecule has 2 N–H and O–H groups in total. The van der Waals surface area contributed by atoms with Gasteiger partial charge in [0, 0.05) is 12.1 Å². The van der Waals surface area contributed by atoms with Crippen LogP contribution in [0.15, 0.2) is 12.3 Å². The van der Waals surface area contributed by atoms with Crippen LogP contribution in [0.1, 0.15) is 18.7 Å². The van der Waals surface area contributed by atoms with E-state index in [1.165, 1.54) is 6.92 Å². The Morgan fingerprint density at radius 3 is 2.56 bits per heavy atom. The van der Waals surface area contributed by atoms with E-state index in [1.54, 1.807) is 0 Å². The molecule has 16 heavy (non-hydrogen) atoms. The van der Waals surface area contributed by atoms with E-state index < -0.39 is 24.6 Å². The Balaban J connectivity index is 2.74. The number of alkyl halides is 3. The number of rotatable bonds is 3. The van der Waals surface area contributed by atoms with Crippen molar-refractivity contribution in [1.82, 2.24) is 4.98 Å². The summed E-state index contributed by atoms with van der Waals surface area (Å²) in [6.45, 7) is 0.0350. The molecule has 1 rings (SSSR count). The Kier molecular flexibility index (Phi) is 3.69. The quantitative estimate of drug-likeness (QED) is 0.821. The van der Waals surface area contributed by atoms with Crippen molar-refractivity contribution in [2.45, 2.75) is 19.1 Å². The highest BCUT2D eigenvalue weighted by molar-refractivity contribution is 5.23. The van der Waals surface area contributed by atoms with Crippen molar-refractivity contribution in [3.63, 3.8) is 0 Å². The topological polar surface area (TPSA) is 48.1 Å². The second-order valence-corrected chi connectivity index (χ2v) is 3.23. The fraction of sp³-hybridized carbons (Fsp3) is 0.444. The molecule has 0 saturated heterocycles. The van der Waals surface area contributed by atoms with Gasteiger partial charge in [0.2, 0.25) is 0 Å². The first kappa shape index (κ1) is 12.7. The maximum atomic E-state index is 13.2. The highest BCUT2D eigenvalue weighted by Crippen LogP contribution is 2.20. The lowest BCUT2D eigenvalue weighted by molar-refractivity contribution is -0.153. The third kappa shape index (κ3) is 3.65. The molecule has 0 unspecified atom stereocenters. The SMILES string of the molecule is C[C@@H](N)c1ncc(OCC(F)(F)F)cc1F. The average molecular weight is 238 g/mol. The number of aromatic nitrogens is 1. The van der Waals surface area contributed by atoms with Gasteiger partial charge in [-0.2, -0.15) is 13.2 Å². The number of ether oxygens (including phenoxy) is 1. The average Bonchev–Trinajstić information content (AvgIpc) is 2.13. The largest absolute Gasteiger partial charge is 0.482 e. The van der Waals surface area contributed by atoms with Gasteiger partial charge in [0.1, 0.15) is 11.6 Å².